The van der Waals surface area contributed by atoms with E-state index in [-0.39, 0.29) is 24.2 Å². The van der Waals surface area contributed by atoms with Crippen LogP contribution in [-0.2, 0) is 27.0 Å². The van der Waals surface area contributed by atoms with E-state index in [1.807, 2.05) is 0 Å². The van der Waals surface area contributed by atoms with Crippen molar-refractivity contribution < 1.29 is 22.3 Å². The monoisotopic (exact) mass is 454 g/mol. The number of aromatic nitrogens is 1. The number of sulfone groups is 1. The highest BCUT2D eigenvalue weighted by Gasteiger charge is 2.32. The number of ether oxygens (including phenoxy) is 1. The molecule has 164 valence electrons. The number of amides is 1. The van der Waals surface area contributed by atoms with Gasteiger partial charge >= 0.3 is 0 Å². The molecule has 1 aromatic heterocycles. The molecule has 0 aliphatic heterocycles. The van der Waals surface area contributed by atoms with Crippen molar-refractivity contribution in [2.24, 2.45) is 5.92 Å². The minimum Gasteiger partial charge on any atom is -0.486 e. The lowest BCUT2D eigenvalue weighted by atomic mass is 9.86. The number of nitrogens with zero attached hydrogens (tertiary/aromatic N) is 1. The first kappa shape index (κ1) is 22.7. The summed E-state index contributed by atoms with van der Waals surface area (Å²) in [5.74, 6) is -0.221. The first-order valence-corrected chi connectivity index (χ1v) is 12.7. The second kappa shape index (κ2) is 9.87. The van der Waals surface area contributed by atoms with Crippen molar-refractivity contribution in [2.75, 3.05) is 0 Å². The predicted octanol–water partition coefficient (Wildman–Crippen LogP) is 3.86. The Hall–Kier alpha value is -2.00. The molecule has 3 rings (SSSR count). The Morgan fingerprint density at radius 3 is 2.70 bits per heavy atom. The van der Waals surface area contributed by atoms with Gasteiger partial charge in [-0.2, -0.15) is 0 Å². The first-order chi connectivity index (χ1) is 14.2. The molecule has 0 spiro atoms. The zero-order valence-corrected chi connectivity index (χ0v) is 18.8. The molecule has 3 unspecified atom stereocenters. The van der Waals surface area contributed by atoms with Crippen LogP contribution in [0, 0.1) is 11.7 Å². The van der Waals surface area contributed by atoms with Crippen LogP contribution in [0.4, 0.5) is 4.39 Å². The van der Waals surface area contributed by atoms with Crippen LogP contribution in [0.3, 0.4) is 0 Å². The van der Waals surface area contributed by atoms with Gasteiger partial charge in [0.05, 0.1) is 11.4 Å². The summed E-state index contributed by atoms with van der Waals surface area (Å²) in [6, 6.07) is 5.67. The second-order valence-electron chi connectivity index (χ2n) is 7.80. The summed E-state index contributed by atoms with van der Waals surface area (Å²) in [5, 5.41) is 4.06. The number of halogens is 1. The zero-order chi connectivity index (χ0) is 21.7. The fraction of sp³-hybridized carbons (Fsp3) is 0.524. The maximum absolute atomic E-state index is 12.9. The summed E-state index contributed by atoms with van der Waals surface area (Å²) in [6.07, 6.45) is 4.15. The van der Waals surface area contributed by atoms with Crippen molar-refractivity contribution in [3.05, 3.63) is 46.2 Å². The van der Waals surface area contributed by atoms with E-state index < -0.39 is 21.0 Å². The van der Waals surface area contributed by atoms with Crippen molar-refractivity contribution in [1.29, 1.82) is 0 Å². The van der Waals surface area contributed by atoms with Crippen molar-refractivity contribution in [2.45, 2.75) is 63.2 Å². The Morgan fingerprint density at radius 2 is 2.00 bits per heavy atom. The third-order valence-corrected chi connectivity index (χ3v) is 8.33. The molecule has 1 aliphatic carbocycles. The molecule has 1 aromatic carbocycles. The molecule has 1 saturated carbocycles. The van der Waals surface area contributed by atoms with Crippen LogP contribution in [0.15, 0.2) is 29.6 Å². The summed E-state index contributed by atoms with van der Waals surface area (Å²) in [7, 11) is -3.69. The third kappa shape index (κ3) is 6.01. The summed E-state index contributed by atoms with van der Waals surface area (Å²) in [4.78, 5) is 16.8. The van der Waals surface area contributed by atoms with Crippen LogP contribution < -0.4 is 10.1 Å². The summed E-state index contributed by atoms with van der Waals surface area (Å²) >= 11 is 1.29. The Labute approximate surface area is 180 Å². The molecular formula is C21H27FN2O4S2. The standard InChI is InChI=1S/C21H27FN2O4S2/c1-14-5-3-4-6-19(14)24-21(25)15(2)30(26,27)13-17-12-29-20(23-17)11-28-18-9-7-16(22)8-10-18/h7-10,12,14-15,19H,3-6,11,13H2,1-2H3,(H,24,25). The van der Waals surface area contributed by atoms with Crippen molar-refractivity contribution >= 4 is 27.1 Å². The molecule has 1 heterocycles. The van der Waals surface area contributed by atoms with Crippen LogP contribution in [-0.4, -0.2) is 30.6 Å². The lowest BCUT2D eigenvalue weighted by Crippen LogP contribution is -2.47. The second-order valence-corrected chi connectivity index (χ2v) is 11.1. The van der Waals surface area contributed by atoms with E-state index in [1.54, 1.807) is 5.38 Å². The number of rotatable bonds is 8. The van der Waals surface area contributed by atoms with Crippen molar-refractivity contribution in [3.63, 3.8) is 0 Å². The average Bonchev–Trinajstić information content (AvgIpc) is 3.15. The Kier molecular flexibility index (Phi) is 7.46. The number of thiazole rings is 1. The minimum absolute atomic E-state index is 0.0402. The van der Waals surface area contributed by atoms with Crippen LogP contribution in [0.2, 0.25) is 0 Å². The maximum Gasteiger partial charge on any atom is 0.238 e. The highest BCUT2D eigenvalue weighted by molar-refractivity contribution is 7.92. The van der Waals surface area contributed by atoms with Crippen LogP contribution in [0.25, 0.3) is 0 Å². The smallest absolute Gasteiger partial charge is 0.238 e. The van der Waals surface area contributed by atoms with Crippen LogP contribution in [0.1, 0.15) is 50.2 Å². The molecule has 0 saturated heterocycles. The number of nitrogens with one attached hydrogen (secondary N) is 1. The topological polar surface area (TPSA) is 85.4 Å². The highest BCUT2D eigenvalue weighted by Crippen LogP contribution is 2.24. The molecule has 9 heteroatoms. The summed E-state index contributed by atoms with van der Waals surface area (Å²) < 4.78 is 43.9. The van der Waals surface area contributed by atoms with Crippen molar-refractivity contribution in [3.8, 4) is 5.75 Å². The summed E-state index contributed by atoms with van der Waals surface area (Å²) in [5.41, 5.74) is 0.392. The Bertz CT molecular complexity index is 960. The van der Waals surface area contributed by atoms with Gasteiger partial charge in [0.25, 0.3) is 0 Å². The predicted molar refractivity (Wildman–Crippen MR) is 114 cm³/mol. The fourth-order valence-electron chi connectivity index (χ4n) is 3.48. The number of carbonyl (C=O) groups is 1. The van der Waals surface area contributed by atoms with Gasteiger partial charge in [-0.15, -0.1) is 11.3 Å². The third-order valence-electron chi connectivity index (χ3n) is 5.47. The lowest BCUT2D eigenvalue weighted by Gasteiger charge is -2.30. The van der Waals surface area contributed by atoms with E-state index in [9.17, 15) is 17.6 Å². The van der Waals surface area contributed by atoms with Gasteiger partial charge in [-0.1, -0.05) is 19.8 Å². The molecule has 6 nitrogen and oxygen atoms in total. The Balaban J connectivity index is 1.55. The lowest BCUT2D eigenvalue weighted by molar-refractivity contribution is -0.121. The molecular weight excluding hydrogens is 427 g/mol. The molecule has 3 atom stereocenters. The van der Waals surface area contributed by atoms with Gasteiger partial charge in [0, 0.05) is 11.4 Å². The van der Waals surface area contributed by atoms with Gasteiger partial charge in [0.1, 0.15) is 28.4 Å². The molecule has 1 fully saturated rings. The van der Waals surface area contributed by atoms with Gasteiger partial charge in [0.2, 0.25) is 5.91 Å². The molecule has 2 aromatic rings. The molecule has 0 bridgehead atoms. The normalized spacial score (nSPS) is 20.5. The van der Waals surface area contributed by atoms with Gasteiger partial charge in [0.15, 0.2) is 9.84 Å². The molecule has 1 amide bonds. The van der Waals surface area contributed by atoms with Gasteiger partial charge in [-0.05, 0) is 49.9 Å². The number of benzene rings is 1. The van der Waals surface area contributed by atoms with Crippen molar-refractivity contribution in [1.82, 2.24) is 10.3 Å². The van der Waals surface area contributed by atoms with E-state index in [4.69, 9.17) is 4.74 Å². The molecule has 1 aliphatic rings. The molecule has 0 radical (unpaired) electrons. The van der Waals surface area contributed by atoms with E-state index in [0.717, 1.165) is 25.7 Å². The minimum atomic E-state index is -3.69. The fourth-order valence-corrected chi connectivity index (χ4v) is 5.50. The van der Waals surface area contributed by atoms with E-state index in [1.165, 1.54) is 42.5 Å². The Morgan fingerprint density at radius 1 is 1.30 bits per heavy atom. The number of hydrogen-bond acceptors (Lipinski definition) is 6. The first-order valence-electron chi connectivity index (χ1n) is 10.1. The maximum atomic E-state index is 12.9. The average molecular weight is 455 g/mol. The van der Waals surface area contributed by atoms with E-state index >= 15 is 0 Å². The molecule has 1 N–H and O–H groups in total. The summed E-state index contributed by atoms with van der Waals surface area (Å²) in [6.45, 7) is 3.68. The molecule has 30 heavy (non-hydrogen) atoms. The highest BCUT2D eigenvalue weighted by atomic mass is 32.2. The van der Waals surface area contributed by atoms with Gasteiger partial charge in [-0.25, -0.2) is 17.8 Å². The number of hydrogen-bond donors (Lipinski definition) is 1. The quantitative estimate of drug-likeness (QED) is 0.655. The van der Waals surface area contributed by atoms with Gasteiger partial charge in [-0.3, -0.25) is 4.79 Å². The van der Waals surface area contributed by atoms with E-state index in [0.29, 0.717) is 22.4 Å². The SMILES string of the molecule is CC1CCCCC1NC(=O)C(C)S(=O)(=O)Cc1csc(COc2ccc(F)cc2)n1. The van der Waals surface area contributed by atoms with Gasteiger partial charge < -0.3 is 10.1 Å². The largest absolute Gasteiger partial charge is 0.486 e. The van der Waals surface area contributed by atoms with E-state index in [2.05, 4.69) is 17.2 Å². The number of carbonyl (C=O) groups excluding carboxylic acids is 1. The van der Waals surface area contributed by atoms with Crippen LogP contribution in [0.5, 0.6) is 5.75 Å². The van der Waals surface area contributed by atoms with Crippen LogP contribution >= 0.6 is 11.3 Å². The zero-order valence-electron chi connectivity index (χ0n) is 17.1.